The number of β-lactam (4-membered cyclic amide) rings is 1. The average Bonchev–Trinajstić information content (AvgIpc) is 2.73. The van der Waals surface area contributed by atoms with Crippen molar-refractivity contribution >= 4 is 12.0 Å². The van der Waals surface area contributed by atoms with Crippen molar-refractivity contribution in [3.05, 3.63) is 11.9 Å². The summed E-state index contributed by atoms with van der Waals surface area (Å²) in [6, 6.07) is -1.16. The Balaban J connectivity index is 1.95. The minimum atomic E-state index is -1.25. The van der Waals surface area contributed by atoms with E-state index in [-0.39, 0.29) is 25.1 Å². The number of carboxylic acid groups (broad SMARTS) is 1. The monoisotopic (exact) mass is 241 g/mol. The van der Waals surface area contributed by atoms with Crippen molar-refractivity contribution in [1.82, 2.24) is 25.6 Å². The first-order valence-corrected chi connectivity index (χ1v) is 4.90. The maximum Gasteiger partial charge on any atom is 0.405 e. The summed E-state index contributed by atoms with van der Waals surface area (Å²) in [5, 5.41) is 29.8. The lowest BCUT2D eigenvalue weighted by molar-refractivity contribution is -0.131. The van der Waals surface area contributed by atoms with Gasteiger partial charge in [0.1, 0.15) is 11.7 Å². The lowest BCUT2D eigenvalue weighted by Gasteiger charge is -2.35. The maximum atomic E-state index is 11.1. The molecule has 1 aromatic rings. The highest BCUT2D eigenvalue weighted by atomic mass is 16.4. The fourth-order valence-corrected chi connectivity index (χ4v) is 1.56. The van der Waals surface area contributed by atoms with E-state index in [0.29, 0.717) is 5.69 Å². The molecule has 2 atom stereocenters. The Morgan fingerprint density at radius 3 is 2.94 bits per heavy atom. The molecule has 0 radical (unpaired) electrons. The number of carbonyl (C=O) groups excluding carboxylic acids is 1. The molecule has 4 N–H and O–H groups in total. The standard InChI is InChI=1S/C8H11N5O4/c14-3-4-1-9-13(12-4)2-5-6(7(15)10-5)11-8(16)17/h1,5-6,11,14H,2-3H2,(H,10,15)(H,16,17)/t5-,6-/m0/s1. The first kappa shape index (κ1) is 11.3. The molecule has 0 spiro atoms. The summed E-state index contributed by atoms with van der Waals surface area (Å²) in [4.78, 5) is 22.8. The van der Waals surface area contributed by atoms with Gasteiger partial charge in [-0.2, -0.15) is 15.0 Å². The van der Waals surface area contributed by atoms with Crippen molar-refractivity contribution in [3.63, 3.8) is 0 Å². The highest BCUT2D eigenvalue weighted by Gasteiger charge is 2.40. The summed E-state index contributed by atoms with van der Waals surface area (Å²) in [5.74, 6) is -0.369. The molecule has 1 aliphatic heterocycles. The average molecular weight is 241 g/mol. The van der Waals surface area contributed by atoms with E-state index in [0.717, 1.165) is 0 Å². The Hall–Kier alpha value is -2.16. The number of hydrogen-bond donors (Lipinski definition) is 4. The van der Waals surface area contributed by atoms with Crippen LogP contribution in [0.5, 0.6) is 0 Å². The first-order chi connectivity index (χ1) is 8.10. The topological polar surface area (TPSA) is 129 Å². The Morgan fingerprint density at radius 1 is 1.65 bits per heavy atom. The van der Waals surface area contributed by atoms with Gasteiger partial charge in [0.15, 0.2) is 0 Å². The first-order valence-electron chi connectivity index (χ1n) is 4.90. The van der Waals surface area contributed by atoms with Crippen LogP contribution in [0.25, 0.3) is 0 Å². The molecule has 0 unspecified atom stereocenters. The molecule has 2 heterocycles. The van der Waals surface area contributed by atoms with Crippen LogP contribution in [0.3, 0.4) is 0 Å². The summed E-state index contributed by atoms with van der Waals surface area (Å²) in [6.07, 6.45) is 0.152. The molecule has 1 aromatic heterocycles. The van der Waals surface area contributed by atoms with Gasteiger partial charge in [-0.05, 0) is 0 Å². The maximum absolute atomic E-state index is 11.1. The number of nitrogens with zero attached hydrogens (tertiary/aromatic N) is 3. The Bertz CT molecular complexity index is 445. The van der Waals surface area contributed by atoms with Crippen LogP contribution in [0.1, 0.15) is 5.69 Å². The van der Waals surface area contributed by atoms with Crippen LogP contribution in [-0.2, 0) is 17.9 Å². The molecule has 92 valence electrons. The fourth-order valence-electron chi connectivity index (χ4n) is 1.56. The van der Waals surface area contributed by atoms with Crippen molar-refractivity contribution in [2.24, 2.45) is 0 Å². The molecule has 2 amide bonds. The summed E-state index contributed by atoms with van der Waals surface area (Å²) >= 11 is 0. The van der Waals surface area contributed by atoms with Gasteiger partial charge < -0.3 is 20.8 Å². The third-order valence-electron chi connectivity index (χ3n) is 2.40. The minimum absolute atomic E-state index is 0.214. The van der Waals surface area contributed by atoms with Crippen LogP contribution < -0.4 is 10.6 Å². The molecule has 9 heteroatoms. The van der Waals surface area contributed by atoms with Crippen LogP contribution in [0.4, 0.5) is 4.79 Å². The molecule has 17 heavy (non-hydrogen) atoms. The van der Waals surface area contributed by atoms with Crippen molar-refractivity contribution in [3.8, 4) is 0 Å². The van der Waals surface area contributed by atoms with Gasteiger partial charge in [-0.3, -0.25) is 4.79 Å². The molecule has 9 nitrogen and oxygen atoms in total. The fraction of sp³-hybridized carbons (Fsp3) is 0.500. The van der Waals surface area contributed by atoms with Gasteiger partial charge in [0.25, 0.3) is 0 Å². The summed E-state index contributed by atoms with van der Waals surface area (Å²) < 4.78 is 0. The zero-order chi connectivity index (χ0) is 12.4. The number of amides is 2. The second-order valence-electron chi connectivity index (χ2n) is 3.59. The molecule has 1 fully saturated rings. The third kappa shape index (κ3) is 2.33. The van der Waals surface area contributed by atoms with Gasteiger partial charge in [0, 0.05) is 0 Å². The minimum Gasteiger partial charge on any atom is -0.465 e. The van der Waals surface area contributed by atoms with E-state index in [9.17, 15) is 9.59 Å². The Labute approximate surface area is 95.4 Å². The summed E-state index contributed by atoms with van der Waals surface area (Å²) in [6.45, 7) is 0.0323. The second-order valence-corrected chi connectivity index (χ2v) is 3.59. The molecule has 0 aromatic carbocycles. The van der Waals surface area contributed by atoms with E-state index in [1.54, 1.807) is 0 Å². The van der Waals surface area contributed by atoms with Crippen LogP contribution >= 0.6 is 0 Å². The normalized spacial score (nSPS) is 22.8. The number of aliphatic hydroxyl groups excluding tert-OH is 1. The van der Waals surface area contributed by atoms with E-state index in [2.05, 4.69) is 20.8 Å². The molecule has 0 bridgehead atoms. The predicted octanol–water partition coefficient (Wildman–Crippen LogP) is -2.09. The number of aliphatic hydroxyl groups is 1. The van der Waals surface area contributed by atoms with E-state index in [4.69, 9.17) is 10.2 Å². The summed E-state index contributed by atoms with van der Waals surface area (Å²) in [7, 11) is 0. The van der Waals surface area contributed by atoms with Gasteiger partial charge >= 0.3 is 6.09 Å². The van der Waals surface area contributed by atoms with Crippen LogP contribution in [0, 0.1) is 0 Å². The molecule has 1 aliphatic rings. The molecular formula is C8H11N5O4. The lowest BCUT2D eigenvalue weighted by Crippen LogP contribution is -2.70. The third-order valence-corrected chi connectivity index (χ3v) is 2.40. The molecular weight excluding hydrogens is 230 g/mol. The van der Waals surface area contributed by atoms with E-state index in [1.807, 2.05) is 0 Å². The van der Waals surface area contributed by atoms with E-state index >= 15 is 0 Å². The van der Waals surface area contributed by atoms with Crippen LogP contribution in [0.2, 0.25) is 0 Å². The number of hydrogen-bond acceptors (Lipinski definition) is 5. The lowest BCUT2D eigenvalue weighted by atomic mass is 9.99. The van der Waals surface area contributed by atoms with Gasteiger partial charge in [0.05, 0.1) is 25.4 Å². The predicted molar refractivity (Wildman–Crippen MR) is 52.8 cm³/mol. The Morgan fingerprint density at radius 2 is 2.41 bits per heavy atom. The van der Waals surface area contributed by atoms with E-state index < -0.39 is 12.1 Å². The molecule has 0 aliphatic carbocycles. The highest BCUT2D eigenvalue weighted by molar-refractivity contribution is 5.91. The zero-order valence-corrected chi connectivity index (χ0v) is 8.70. The van der Waals surface area contributed by atoms with Gasteiger partial charge in [0.2, 0.25) is 5.91 Å². The summed E-state index contributed by atoms with van der Waals surface area (Å²) in [5.41, 5.74) is 0.415. The smallest absolute Gasteiger partial charge is 0.405 e. The number of carbonyl (C=O) groups is 2. The number of aromatic nitrogens is 3. The van der Waals surface area contributed by atoms with Crippen LogP contribution in [0.15, 0.2) is 6.20 Å². The van der Waals surface area contributed by atoms with Crippen molar-refractivity contribution in [1.29, 1.82) is 0 Å². The Kier molecular flexibility index (Phi) is 2.91. The number of rotatable bonds is 4. The molecule has 0 saturated carbocycles. The van der Waals surface area contributed by atoms with Crippen molar-refractivity contribution in [2.75, 3.05) is 0 Å². The van der Waals surface area contributed by atoms with Crippen molar-refractivity contribution in [2.45, 2.75) is 25.2 Å². The van der Waals surface area contributed by atoms with Gasteiger partial charge in [-0.25, -0.2) is 4.79 Å². The second kappa shape index (κ2) is 4.37. The van der Waals surface area contributed by atoms with Crippen molar-refractivity contribution < 1.29 is 19.8 Å². The highest BCUT2D eigenvalue weighted by Crippen LogP contribution is 2.08. The van der Waals surface area contributed by atoms with Crippen LogP contribution in [-0.4, -0.2) is 49.3 Å². The SMILES string of the molecule is O=C(O)N[C@@H]1C(=O)N[C@H]1Cn1ncc(CO)n1. The zero-order valence-electron chi connectivity index (χ0n) is 8.70. The largest absolute Gasteiger partial charge is 0.465 e. The van der Waals surface area contributed by atoms with Gasteiger partial charge in [-0.15, -0.1) is 0 Å². The number of nitrogens with one attached hydrogen (secondary N) is 2. The quantitative estimate of drug-likeness (QED) is 0.447. The van der Waals surface area contributed by atoms with E-state index in [1.165, 1.54) is 11.0 Å². The van der Waals surface area contributed by atoms with Gasteiger partial charge in [-0.1, -0.05) is 0 Å². The molecule has 1 saturated heterocycles. The molecule has 2 rings (SSSR count).